The van der Waals surface area contributed by atoms with Gasteiger partial charge in [-0.3, -0.25) is 29.3 Å². The highest BCUT2D eigenvalue weighted by atomic mass is 35.5. The summed E-state index contributed by atoms with van der Waals surface area (Å²) in [6.07, 6.45) is -0.0637. The second kappa shape index (κ2) is 14.4. The average Bonchev–Trinajstić information content (AvgIpc) is 2.85. The van der Waals surface area contributed by atoms with E-state index in [1.54, 1.807) is 29.2 Å². The number of non-ortho nitro benzene ring substituents is 1. The minimum absolute atomic E-state index is 0.0319. The Morgan fingerprint density at radius 2 is 1.43 bits per heavy atom. The molecule has 2 rings (SSSR count). The molecule has 0 heterocycles. The molecule has 0 amide bonds. The number of carbonyl (C=O) groups excluding carboxylic acids is 4. The average molecular weight is 533 g/mol. The Morgan fingerprint density at radius 1 is 0.892 bits per heavy atom. The quantitative estimate of drug-likeness (QED) is 0.147. The van der Waals surface area contributed by atoms with Gasteiger partial charge in [-0.15, -0.1) is 5.11 Å². The number of rotatable bonds is 14. The molecule has 0 saturated carbocycles. The maximum atomic E-state index is 12.0. The third kappa shape index (κ3) is 10.5. The lowest BCUT2D eigenvalue weighted by Crippen LogP contribution is -2.30. The van der Waals surface area contributed by atoms with Gasteiger partial charge in [0, 0.05) is 30.9 Å². The minimum atomic E-state index is -0.566. The van der Waals surface area contributed by atoms with E-state index in [9.17, 15) is 29.3 Å². The number of nitrogens with zero attached hydrogens (tertiary/aromatic N) is 4. The first-order valence-electron chi connectivity index (χ1n) is 11.1. The molecule has 0 aliphatic carbocycles. The van der Waals surface area contributed by atoms with Crippen molar-refractivity contribution in [3.63, 3.8) is 0 Å². The van der Waals surface area contributed by atoms with E-state index >= 15 is 0 Å². The number of halogens is 1. The largest absolute Gasteiger partial charge is 0.458 e. The number of hydrogen-bond acceptors (Lipinski definition) is 11. The van der Waals surface area contributed by atoms with Crippen molar-refractivity contribution in [1.29, 1.82) is 0 Å². The molecular formula is C24H25ClN4O8. The van der Waals surface area contributed by atoms with Crippen LogP contribution in [0.5, 0.6) is 0 Å². The molecule has 0 atom stereocenters. The lowest BCUT2D eigenvalue weighted by Gasteiger charge is -2.24. The molecule has 0 bridgehead atoms. The smallest absolute Gasteiger partial charge is 0.308 e. The zero-order chi connectivity index (χ0) is 27.4. The first kappa shape index (κ1) is 29.0. The zero-order valence-corrected chi connectivity index (χ0v) is 21.0. The van der Waals surface area contributed by atoms with Crippen molar-refractivity contribution < 1.29 is 33.6 Å². The molecule has 0 saturated heterocycles. The summed E-state index contributed by atoms with van der Waals surface area (Å²) >= 11 is 6.03. The van der Waals surface area contributed by atoms with Crippen LogP contribution in [0.1, 0.15) is 26.7 Å². The van der Waals surface area contributed by atoms with E-state index in [-0.39, 0.29) is 67.1 Å². The maximum absolute atomic E-state index is 12.0. The predicted octanol–water partition coefficient (Wildman–Crippen LogP) is 4.51. The Labute approximate surface area is 217 Å². The standard InChI is InChI=1S/C24H25ClN4O8/c1-16(30)14-36-23(32)9-11-28(12-10-24(33)37-15-17(2)31)19-5-3-18(4-6-19)26-27-22-8-7-20(29(34)35)13-21(22)25/h3-8,13H,9-12,14-15H2,1-2H3/b27-26+. The molecule has 0 unspecified atom stereocenters. The molecule has 0 aromatic heterocycles. The Hall–Kier alpha value is -4.19. The fraction of sp³-hybridized carbons (Fsp3) is 0.333. The van der Waals surface area contributed by atoms with E-state index in [0.29, 0.717) is 11.4 Å². The highest BCUT2D eigenvalue weighted by Gasteiger charge is 2.14. The van der Waals surface area contributed by atoms with Gasteiger partial charge in [0.05, 0.1) is 28.5 Å². The summed E-state index contributed by atoms with van der Waals surface area (Å²) in [5.74, 6) is -1.69. The van der Waals surface area contributed by atoms with Crippen LogP contribution in [0.25, 0.3) is 0 Å². The van der Waals surface area contributed by atoms with Gasteiger partial charge in [0.1, 0.15) is 18.9 Å². The summed E-state index contributed by atoms with van der Waals surface area (Å²) in [6, 6.07) is 10.5. The predicted molar refractivity (Wildman–Crippen MR) is 133 cm³/mol. The van der Waals surface area contributed by atoms with Gasteiger partial charge in [-0.05, 0) is 44.2 Å². The maximum Gasteiger partial charge on any atom is 0.308 e. The second-order valence-electron chi connectivity index (χ2n) is 7.82. The van der Waals surface area contributed by atoms with Crippen LogP contribution in [0.4, 0.5) is 22.7 Å². The van der Waals surface area contributed by atoms with Gasteiger partial charge in [0.15, 0.2) is 11.6 Å². The van der Waals surface area contributed by atoms with E-state index in [4.69, 9.17) is 21.1 Å². The molecule has 0 radical (unpaired) electrons. The summed E-state index contributed by atoms with van der Waals surface area (Å²) in [5, 5.41) is 19.0. The van der Waals surface area contributed by atoms with Gasteiger partial charge in [-0.2, -0.15) is 5.11 Å². The molecule has 2 aromatic carbocycles. The first-order chi connectivity index (χ1) is 17.5. The highest BCUT2D eigenvalue weighted by Crippen LogP contribution is 2.30. The van der Waals surface area contributed by atoms with Crippen LogP contribution >= 0.6 is 11.6 Å². The SMILES string of the molecule is CC(=O)COC(=O)CCN(CCC(=O)OCC(C)=O)c1ccc(/N=N/c2ccc([N+](=O)[O-])cc2Cl)cc1. The third-order valence-electron chi connectivity index (χ3n) is 4.67. The Morgan fingerprint density at radius 3 is 1.89 bits per heavy atom. The summed E-state index contributed by atoms with van der Waals surface area (Å²) < 4.78 is 9.77. The molecule has 0 spiro atoms. The fourth-order valence-electron chi connectivity index (χ4n) is 2.86. The van der Waals surface area contributed by atoms with Gasteiger partial charge in [-0.25, -0.2) is 0 Å². The summed E-state index contributed by atoms with van der Waals surface area (Å²) in [5.41, 5.74) is 1.21. The molecule has 0 N–H and O–H groups in total. The van der Waals surface area contributed by atoms with Crippen molar-refractivity contribution in [2.75, 3.05) is 31.2 Å². The lowest BCUT2D eigenvalue weighted by molar-refractivity contribution is -0.384. The van der Waals surface area contributed by atoms with E-state index in [1.165, 1.54) is 32.0 Å². The third-order valence-corrected chi connectivity index (χ3v) is 4.98. The topological polar surface area (TPSA) is 158 Å². The molecule has 2 aromatic rings. The van der Waals surface area contributed by atoms with Crippen LogP contribution in [0.2, 0.25) is 5.02 Å². The van der Waals surface area contributed by atoms with Crippen LogP contribution in [-0.4, -0.2) is 54.7 Å². The Balaban J connectivity index is 2.10. The molecular weight excluding hydrogens is 508 g/mol. The normalized spacial score (nSPS) is 10.7. The number of nitro benzene ring substituents is 1. The number of benzene rings is 2. The first-order valence-corrected chi connectivity index (χ1v) is 11.4. The molecule has 196 valence electrons. The zero-order valence-electron chi connectivity index (χ0n) is 20.2. The number of Topliss-reactive ketones (excluding diaryl/α,β-unsaturated/α-hetero) is 2. The summed E-state index contributed by atoms with van der Waals surface area (Å²) in [7, 11) is 0. The van der Waals surface area contributed by atoms with Gasteiger partial charge in [0.2, 0.25) is 0 Å². The number of ether oxygens (including phenoxy) is 2. The van der Waals surface area contributed by atoms with Crippen LogP contribution in [0, 0.1) is 10.1 Å². The van der Waals surface area contributed by atoms with Crippen molar-refractivity contribution in [1.82, 2.24) is 0 Å². The van der Waals surface area contributed by atoms with Gasteiger partial charge in [0.25, 0.3) is 5.69 Å². The van der Waals surface area contributed by atoms with E-state index in [0.717, 1.165) is 0 Å². The van der Waals surface area contributed by atoms with Crippen LogP contribution < -0.4 is 4.90 Å². The van der Waals surface area contributed by atoms with Crippen molar-refractivity contribution in [2.24, 2.45) is 10.2 Å². The van der Waals surface area contributed by atoms with Gasteiger partial charge >= 0.3 is 11.9 Å². The van der Waals surface area contributed by atoms with E-state index in [1.807, 2.05) is 0 Å². The van der Waals surface area contributed by atoms with Crippen molar-refractivity contribution in [3.05, 3.63) is 57.6 Å². The summed E-state index contributed by atoms with van der Waals surface area (Å²) in [4.78, 5) is 58.0. The highest BCUT2D eigenvalue weighted by molar-refractivity contribution is 6.33. The van der Waals surface area contributed by atoms with Crippen molar-refractivity contribution in [3.8, 4) is 0 Å². The molecule has 0 fully saturated rings. The van der Waals surface area contributed by atoms with Crippen LogP contribution in [0.3, 0.4) is 0 Å². The van der Waals surface area contributed by atoms with Crippen LogP contribution in [0.15, 0.2) is 52.7 Å². The Kier molecular flexibility index (Phi) is 11.3. The number of nitro groups is 1. The number of hydrogen-bond donors (Lipinski definition) is 0. The molecule has 37 heavy (non-hydrogen) atoms. The number of esters is 2. The lowest BCUT2D eigenvalue weighted by atomic mass is 10.2. The van der Waals surface area contributed by atoms with Gasteiger partial charge in [-0.1, -0.05) is 11.6 Å². The van der Waals surface area contributed by atoms with E-state index < -0.39 is 16.9 Å². The fourth-order valence-corrected chi connectivity index (χ4v) is 3.08. The monoisotopic (exact) mass is 532 g/mol. The molecule has 0 aliphatic heterocycles. The number of carbonyl (C=O) groups is 4. The molecule has 13 heteroatoms. The van der Waals surface area contributed by atoms with Gasteiger partial charge < -0.3 is 14.4 Å². The minimum Gasteiger partial charge on any atom is -0.458 e. The molecule has 12 nitrogen and oxygen atoms in total. The number of anilines is 1. The number of ketones is 2. The summed E-state index contributed by atoms with van der Waals surface area (Å²) in [6.45, 7) is 2.37. The van der Waals surface area contributed by atoms with Crippen molar-refractivity contribution >= 4 is 57.9 Å². The van der Waals surface area contributed by atoms with E-state index in [2.05, 4.69) is 10.2 Å². The van der Waals surface area contributed by atoms with Crippen molar-refractivity contribution in [2.45, 2.75) is 26.7 Å². The second-order valence-corrected chi connectivity index (χ2v) is 8.23. The molecule has 0 aliphatic rings. The Bertz CT molecular complexity index is 1150. The number of azo groups is 1. The van der Waals surface area contributed by atoms with Crippen LogP contribution in [-0.2, 0) is 28.7 Å².